The second kappa shape index (κ2) is 7.20. The van der Waals surface area contributed by atoms with Crippen LogP contribution in [0.4, 0.5) is 0 Å². The highest BCUT2D eigenvalue weighted by Crippen LogP contribution is 2.25. The minimum absolute atomic E-state index is 0.320. The van der Waals surface area contributed by atoms with E-state index in [4.69, 9.17) is 5.73 Å². The van der Waals surface area contributed by atoms with Gasteiger partial charge in [-0.2, -0.15) is 0 Å². The Hall–Kier alpha value is -0.120. The van der Waals surface area contributed by atoms with Gasteiger partial charge in [0.25, 0.3) is 0 Å². The van der Waals surface area contributed by atoms with Gasteiger partial charge in [0.15, 0.2) is 0 Å². The van der Waals surface area contributed by atoms with E-state index in [9.17, 15) is 0 Å². The fourth-order valence-electron chi connectivity index (χ4n) is 1.85. The Balaban J connectivity index is 4.05. The highest BCUT2D eigenvalue weighted by molar-refractivity contribution is 4.80. The van der Waals surface area contributed by atoms with Gasteiger partial charge in [0.2, 0.25) is 0 Å². The van der Waals surface area contributed by atoms with Gasteiger partial charge in [-0.1, -0.05) is 13.8 Å². The molecular formula is C12H29N3. The molecule has 0 aromatic carbocycles. The Morgan fingerprint density at radius 2 is 1.53 bits per heavy atom. The van der Waals surface area contributed by atoms with Crippen LogP contribution < -0.4 is 5.73 Å². The van der Waals surface area contributed by atoms with Crippen LogP contribution in [-0.4, -0.2) is 57.1 Å². The first-order valence-corrected chi connectivity index (χ1v) is 6.03. The summed E-state index contributed by atoms with van der Waals surface area (Å²) >= 11 is 0. The summed E-state index contributed by atoms with van der Waals surface area (Å²) < 4.78 is 0. The van der Waals surface area contributed by atoms with Crippen LogP contribution in [0, 0.1) is 5.41 Å². The first-order valence-electron chi connectivity index (χ1n) is 6.03. The topological polar surface area (TPSA) is 32.5 Å². The second-order valence-electron chi connectivity index (χ2n) is 4.95. The van der Waals surface area contributed by atoms with Gasteiger partial charge in [-0.05, 0) is 45.9 Å². The zero-order valence-electron chi connectivity index (χ0n) is 11.2. The molecule has 0 aliphatic rings. The molecule has 3 nitrogen and oxygen atoms in total. The van der Waals surface area contributed by atoms with Crippen LogP contribution in [0.1, 0.15) is 26.7 Å². The number of rotatable bonds is 8. The van der Waals surface area contributed by atoms with Crippen molar-refractivity contribution in [3.05, 3.63) is 0 Å². The molecule has 0 saturated carbocycles. The van der Waals surface area contributed by atoms with Gasteiger partial charge >= 0.3 is 0 Å². The summed E-state index contributed by atoms with van der Waals surface area (Å²) in [5.74, 6) is 0. The first-order chi connectivity index (χ1) is 6.99. The Morgan fingerprint density at radius 1 is 1.00 bits per heavy atom. The average molecular weight is 215 g/mol. The molecule has 0 aromatic rings. The lowest BCUT2D eigenvalue weighted by Gasteiger charge is -2.35. The Morgan fingerprint density at radius 3 is 1.87 bits per heavy atom. The Labute approximate surface area is 95.6 Å². The summed E-state index contributed by atoms with van der Waals surface area (Å²) in [6.07, 6.45) is 2.35. The number of likely N-dealkylation sites (N-methyl/N-ethyl adjacent to an activating group) is 2. The van der Waals surface area contributed by atoms with E-state index in [0.29, 0.717) is 5.41 Å². The van der Waals surface area contributed by atoms with Crippen molar-refractivity contribution in [3.8, 4) is 0 Å². The lowest BCUT2D eigenvalue weighted by Crippen LogP contribution is -2.42. The van der Waals surface area contributed by atoms with Crippen molar-refractivity contribution in [1.29, 1.82) is 0 Å². The molecule has 0 atom stereocenters. The van der Waals surface area contributed by atoms with E-state index >= 15 is 0 Å². The predicted octanol–water partition coefficient (Wildman–Crippen LogP) is 1.24. The lowest BCUT2D eigenvalue weighted by molar-refractivity contribution is 0.158. The van der Waals surface area contributed by atoms with Gasteiger partial charge in [0.1, 0.15) is 0 Å². The van der Waals surface area contributed by atoms with E-state index in [-0.39, 0.29) is 0 Å². The van der Waals surface area contributed by atoms with Crippen molar-refractivity contribution >= 4 is 0 Å². The van der Waals surface area contributed by atoms with E-state index in [1.54, 1.807) is 0 Å². The SMILES string of the molecule is CCC(CC)(CN)CN(C)CCN(C)C. The zero-order chi connectivity index (χ0) is 11.9. The van der Waals surface area contributed by atoms with Gasteiger partial charge in [0, 0.05) is 19.6 Å². The standard InChI is InChI=1S/C12H29N3/c1-6-12(7-2,10-13)11-15(5)9-8-14(3)4/h6-11,13H2,1-5H3. The molecule has 0 heterocycles. The van der Waals surface area contributed by atoms with Crippen molar-refractivity contribution < 1.29 is 0 Å². The van der Waals surface area contributed by atoms with E-state index in [1.807, 2.05) is 0 Å². The number of nitrogens with two attached hydrogens (primary N) is 1. The molecule has 0 radical (unpaired) electrons. The molecule has 0 aliphatic carbocycles. The van der Waals surface area contributed by atoms with Crippen molar-refractivity contribution in [2.24, 2.45) is 11.1 Å². The van der Waals surface area contributed by atoms with Gasteiger partial charge in [-0.3, -0.25) is 0 Å². The minimum atomic E-state index is 0.320. The van der Waals surface area contributed by atoms with Crippen LogP contribution in [0.15, 0.2) is 0 Å². The summed E-state index contributed by atoms with van der Waals surface area (Å²) in [5.41, 5.74) is 6.22. The van der Waals surface area contributed by atoms with Crippen molar-refractivity contribution in [1.82, 2.24) is 9.80 Å². The number of hydrogen-bond acceptors (Lipinski definition) is 3. The molecule has 0 amide bonds. The summed E-state index contributed by atoms with van der Waals surface area (Å²) in [7, 11) is 6.42. The zero-order valence-corrected chi connectivity index (χ0v) is 11.2. The van der Waals surface area contributed by atoms with Crippen LogP contribution in [-0.2, 0) is 0 Å². The third-order valence-electron chi connectivity index (χ3n) is 3.47. The molecule has 92 valence electrons. The number of hydrogen-bond donors (Lipinski definition) is 1. The normalized spacial score (nSPS) is 12.8. The molecule has 0 aliphatic heterocycles. The predicted molar refractivity (Wildman–Crippen MR) is 68.1 cm³/mol. The maximum atomic E-state index is 5.90. The van der Waals surface area contributed by atoms with Crippen LogP contribution in [0.5, 0.6) is 0 Å². The molecule has 0 aromatic heterocycles. The molecule has 0 unspecified atom stereocenters. The smallest absolute Gasteiger partial charge is 0.0106 e. The molecule has 0 bridgehead atoms. The fourth-order valence-corrected chi connectivity index (χ4v) is 1.85. The van der Waals surface area contributed by atoms with Crippen molar-refractivity contribution in [2.75, 3.05) is 47.3 Å². The molecule has 0 spiro atoms. The van der Waals surface area contributed by atoms with Gasteiger partial charge in [-0.15, -0.1) is 0 Å². The average Bonchev–Trinajstić information content (AvgIpc) is 2.23. The van der Waals surface area contributed by atoms with E-state index in [0.717, 1.165) is 26.2 Å². The first kappa shape index (κ1) is 14.9. The molecule has 3 heteroatoms. The van der Waals surface area contributed by atoms with Gasteiger partial charge < -0.3 is 15.5 Å². The molecule has 0 saturated heterocycles. The summed E-state index contributed by atoms with van der Waals surface area (Å²) in [4.78, 5) is 4.62. The van der Waals surface area contributed by atoms with Crippen LogP contribution >= 0.6 is 0 Å². The van der Waals surface area contributed by atoms with Gasteiger partial charge in [0.05, 0.1) is 0 Å². The minimum Gasteiger partial charge on any atom is -0.330 e. The number of nitrogens with zero attached hydrogens (tertiary/aromatic N) is 2. The largest absolute Gasteiger partial charge is 0.330 e. The molecule has 0 fully saturated rings. The Bertz CT molecular complexity index is 145. The third-order valence-corrected chi connectivity index (χ3v) is 3.47. The molecular weight excluding hydrogens is 186 g/mol. The summed E-state index contributed by atoms with van der Waals surface area (Å²) in [5, 5.41) is 0. The molecule has 2 N–H and O–H groups in total. The fraction of sp³-hybridized carbons (Fsp3) is 1.00. The van der Waals surface area contributed by atoms with E-state index in [2.05, 4.69) is 44.8 Å². The molecule has 15 heavy (non-hydrogen) atoms. The monoisotopic (exact) mass is 215 g/mol. The van der Waals surface area contributed by atoms with Crippen LogP contribution in [0.3, 0.4) is 0 Å². The van der Waals surface area contributed by atoms with Crippen molar-refractivity contribution in [3.63, 3.8) is 0 Å². The summed E-state index contributed by atoms with van der Waals surface area (Å²) in [6, 6.07) is 0. The maximum Gasteiger partial charge on any atom is 0.0106 e. The van der Waals surface area contributed by atoms with Crippen LogP contribution in [0.25, 0.3) is 0 Å². The van der Waals surface area contributed by atoms with Crippen molar-refractivity contribution in [2.45, 2.75) is 26.7 Å². The quantitative estimate of drug-likeness (QED) is 0.661. The third kappa shape index (κ3) is 5.50. The highest BCUT2D eigenvalue weighted by atomic mass is 15.2. The van der Waals surface area contributed by atoms with Crippen LogP contribution in [0.2, 0.25) is 0 Å². The van der Waals surface area contributed by atoms with E-state index in [1.165, 1.54) is 12.8 Å². The highest BCUT2D eigenvalue weighted by Gasteiger charge is 2.25. The maximum absolute atomic E-state index is 5.90. The molecule has 0 rings (SSSR count). The second-order valence-corrected chi connectivity index (χ2v) is 4.95. The van der Waals surface area contributed by atoms with E-state index < -0.39 is 0 Å². The summed E-state index contributed by atoms with van der Waals surface area (Å²) in [6.45, 7) is 8.64. The Kier molecular flexibility index (Phi) is 7.14. The van der Waals surface area contributed by atoms with Gasteiger partial charge in [-0.25, -0.2) is 0 Å². The lowest BCUT2D eigenvalue weighted by atomic mass is 9.82.